The van der Waals surface area contributed by atoms with Gasteiger partial charge in [-0.05, 0) is 19.4 Å². The lowest BCUT2D eigenvalue weighted by Gasteiger charge is -2.12. The van der Waals surface area contributed by atoms with Crippen LogP contribution < -0.4 is 0 Å². The number of aliphatic hydroxyl groups excluding tert-OH is 1. The van der Waals surface area contributed by atoms with E-state index in [1.54, 1.807) is 12.1 Å². The number of hydrogen-bond acceptors (Lipinski definition) is 2. The van der Waals surface area contributed by atoms with Gasteiger partial charge in [0.15, 0.2) is 0 Å². The Bertz CT molecular complexity index is 312. The highest BCUT2D eigenvalue weighted by Gasteiger charge is 2.12. The summed E-state index contributed by atoms with van der Waals surface area (Å²) >= 11 is 0. The summed E-state index contributed by atoms with van der Waals surface area (Å²) in [5.41, 5.74) is 1.24. The third-order valence-corrected chi connectivity index (χ3v) is 2.13. The quantitative estimate of drug-likeness (QED) is 0.760. The van der Waals surface area contributed by atoms with Gasteiger partial charge in [0.25, 0.3) is 0 Å². The van der Waals surface area contributed by atoms with Crippen LogP contribution in [0.25, 0.3) is 0 Å². The van der Waals surface area contributed by atoms with E-state index in [-0.39, 0.29) is 12.4 Å². The van der Waals surface area contributed by atoms with E-state index in [9.17, 15) is 9.50 Å². The van der Waals surface area contributed by atoms with Crippen molar-refractivity contribution in [3.05, 3.63) is 35.1 Å². The van der Waals surface area contributed by atoms with Crippen LogP contribution in [0.4, 0.5) is 4.39 Å². The Kier molecular flexibility index (Phi) is 4.72. The zero-order chi connectivity index (χ0) is 11.3. The van der Waals surface area contributed by atoms with E-state index in [1.807, 2.05) is 13.8 Å². The maximum atomic E-state index is 13.3. The van der Waals surface area contributed by atoms with E-state index >= 15 is 0 Å². The van der Waals surface area contributed by atoms with Gasteiger partial charge in [-0.1, -0.05) is 24.6 Å². The fourth-order valence-corrected chi connectivity index (χ4v) is 1.35. The third-order valence-electron chi connectivity index (χ3n) is 2.13. The smallest absolute Gasteiger partial charge is 0.129 e. The fourth-order valence-electron chi connectivity index (χ4n) is 1.35. The summed E-state index contributed by atoms with van der Waals surface area (Å²) in [6, 6.07) is 4.70. The van der Waals surface area contributed by atoms with Crippen LogP contribution in [0, 0.1) is 12.7 Å². The van der Waals surface area contributed by atoms with Gasteiger partial charge < -0.3 is 9.84 Å². The van der Waals surface area contributed by atoms with Crippen molar-refractivity contribution in [1.29, 1.82) is 0 Å². The molecule has 1 atom stereocenters. The second kappa shape index (κ2) is 5.83. The molecular weight excluding hydrogens is 195 g/mol. The lowest BCUT2D eigenvalue weighted by molar-refractivity contribution is 0.0346. The Balaban J connectivity index is 2.64. The number of aliphatic hydroxyl groups is 1. The lowest BCUT2D eigenvalue weighted by Crippen LogP contribution is -2.09. The topological polar surface area (TPSA) is 29.5 Å². The SMILES string of the molecule is CCCOCC(O)c1cc(C)ccc1F. The second-order valence-electron chi connectivity index (χ2n) is 3.62. The van der Waals surface area contributed by atoms with E-state index < -0.39 is 6.10 Å². The first-order valence-corrected chi connectivity index (χ1v) is 5.17. The standard InChI is InChI=1S/C12H17FO2/c1-3-6-15-8-12(14)10-7-9(2)4-5-11(10)13/h4-5,7,12,14H,3,6,8H2,1-2H3. The van der Waals surface area contributed by atoms with Crippen LogP contribution in [-0.4, -0.2) is 18.3 Å². The molecule has 0 aliphatic rings. The molecule has 1 aromatic carbocycles. The molecule has 0 bridgehead atoms. The molecule has 1 aromatic rings. The van der Waals surface area contributed by atoms with Crippen LogP contribution in [0.3, 0.4) is 0 Å². The monoisotopic (exact) mass is 212 g/mol. The number of rotatable bonds is 5. The summed E-state index contributed by atoms with van der Waals surface area (Å²) < 4.78 is 18.5. The van der Waals surface area contributed by atoms with E-state index in [1.165, 1.54) is 6.07 Å². The molecule has 0 spiro atoms. The Labute approximate surface area is 89.7 Å². The van der Waals surface area contributed by atoms with Crippen molar-refractivity contribution in [3.8, 4) is 0 Å². The minimum atomic E-state index is -0.878. The van der Waals surface area contributed by atoms with Crippen LogP contribution in [0.1, 0.15) is 30.6 Å². The van der Waals surface area contributed by atoms with Gasteiger partial charge in [-0.3, -0.25) is 0 Å². The van der Waals surface area contributed by atoms with Gasteiger partial charge in [-0.15, -0.1) is 0 Å². The van der Waals surface area contributed by atoms with Crippen LogP contribution in [0.5, 0.6) is 0 Å². The van der Waals surface area contributed by atoms with Crippen LogP contribution in [0.2, 0.25) is 0 Å². The molecule has 0 heterocycles. The highest BCUT2D eigenvalue weighted by molar-refractivity contribution is 5.25. The van der Waals surface area contributed by atoms with Crippen molar-refractivity contribution in [2.24, 2.45) is 0 Å². The molecule has 0 saturated heterocycles. The predicted octanol–water partition coefficient (Wildman–Crippen LogP) is 2.59. The first-order valence-electron chi connectivity index (χ1n) is 5.17. The molecule has 15 heavy (non-hydrogen) atoms. The Morgan fingerprint density at radius 3 is 2.87 bits per heavy atom. The number of ether oxygens (including phenoxy) is 1. The zero-order valence-corrected chi connectivity index (χ0v) is 9.16. The summed E-state index contributed by atoms with van der Waals surface area (Å²) in [4.78, 5) is 0. The van der Waals surface area contributed by atoms with Crippen molar-refractivity contribution in [2.75, 3.05) is 13.2 Å². The molecule has 0 aliphatic carbocycles. The van der Waals surface area contributed by atoms with Gasteiger partial charge in [-0.25, -0.2) is 4.39 Å². The average Bonchev–Trinajstić information content (AvgIpc) is 2.22. The number of benzene rings is 1. The molecule has 0 aromatic heterocycles. The molecule has 0 aliphatic heterocycles. The normalized spacial score (nSPS) is 12.8. The van der Waals surface area contributed by atoms with Gasteiger partial charge in [0, 0.05) is 12.2 Å². The molecule has 3 heteroatoms. The van der Waals surface area contributed by atoms with Gasteiger partial charge >= 0.3 is 0 Å². The molecule has 2 nitrogen and oxygen atoms in total. The molecular formula is C12H17FO2. The van der Waals surface area contributed by atoms with Crippen molar-refractivity contribution in [1.82, 2.24) is 0 Å². The van der Waals surface area contributed by atoms with E-state index in [0.29, 0.717) is 12.2 Å². The fraction of sp³-hybridized carbons (Fsp3) is 0.500. The first-order chi connectivity index (χ1) is 7.15. The Hall–Kier alpha value is -0.930. The van der Waals surface area contributed by atoms with Crippen molar-refractivity contribution in [3.63, 3.8) is 0 Å². The van der Waals surface area contributed by atoms with E-state index in [0.717, 1.165) is 12.0 Å². The summed E-state index contributed by atoms with van der Waals surface area (Å²) in [5, 5.41) is 9.69. The minimum Gasteiger partial charge on any atom is -0.386 e. The summed E-state index contributed by atoms with van der Waals surface area (Å²) in [5.74, 6) is -0.381. The number of aryl methyl sites for hydroxylation is 1. The summed E-state index contributed by atoms with van der Waals surface area (Å²) in [6.07, 6.45) is 0.0136. The second-order valence-corrected chi connectivity index (χ2v) is 3.62. The first kappa shape index (κ1) is 12.1. The molecule has 0 radical (unpaired) electrons. The predicted molar refractivity (Wildman–Crippen MR) is 57.2 cm³/mol. The van der Waals surface area contributed by atoms with Crippen molar-refractivity contribution < 1.29 is 14.2 Å². The van der Waals surface area contributed by atoms with Gasteiger partial charge in [0.1, 0.15) is 11.9 Å². The van der Waals surface area contributed by atoms with Gasteiger partial charge in [0.05, 0.1) is 6.61 Å². The summed E-state index contributed by atoms with van der Waals surface area (Å²) in [7, 11) is 0. The van der Waals surface area contributed by atoms with Crippen molar-refractivity contribution >= 4 is 0 Å². The Morgan fingerprint density at radius 2 is 2.20 bits per heavy atom. The van der Waals surface area contributed by atoms with Crippen LogP contribution in [-0.2, 0) is 4.74 Å². The van der Waals surface area contributed by atoms with Gasteiger partial charge in [0.2, 0.25) is 0 Å². The minimum absolute atomic E-state index is 0.147. The zero-order valence-electron chi connectivity index (χ0n) is 9.16. The number of hydrogen-bond donors (Lipinski definition) is 1. The highest BCUT2D eigenvalue weighted by Crippen LogP contribution is 2.18. The molecule has 1 rings (SSSR count). The Morgan fingerprint density at radius 1 is 1.47 bits per heavy atom. The molecule has 0 saturated carbocycles. The van der Waals surface area contributed by atoms with Crippen LogP contribution >= 0.6 is 0 Å². The lowest BCUT2D eigenvalue weighted by atomic mass is 10.1. The summed E-state index contributed by atoms with van der Waals surface area (Å²) in [6.45, 7) is 4.58. The maximum absolute atomic E-state index is 13.3. The average molecular weight is 212 g/mol. The number of halogens is 1. The molecule has 1 unspecified atom stereocenters. The van der Waals surface area contributed by atoms with Crippen LogP contribution in [0.15, 0.2) is 18.2 Å². The molecule has 1 N–H and O–H groups in total. The van der Waals surface area contributed by atoms with Gasteiger partial charge in [-0.2, -0.15) is 0 Å². The van der Waals surface area contributed by atoms with E-state index in [2.05, 4.69) is 0 Å². The molecule has 84 valence electrons. The largest absolute Gasteiger partial charge is 0.386 e. The highest BCUT2D eigenvalue weighted by atomic mass is 19.1. The molecule has 0 fully saturated rings. The maximum Gasteiger partial charge on any atom is 0.129 e. The molecule has 0 amide bonds. The third kappa shape index (κ3) is 3.61. The van der Waals surface area contributed by atoms with E-state index in [4.69, 9.17) is 4.74 Å². The van der Waals surface area contributed by atoms with Crippen molar-refractivity contribution in [2.45, 2.75) is 26.4 Å².